The van der Waals surface area contributed by atoms with Crippen LogP contribution in [0.1, 0.15) is 16.1 Å². The lowest BCUT2D eigenvalue weighted by atomic mass is 10.1. The molecule has 0 unspecified atom stereocenters. The van der Waals surface area contributed by atoms with Crippen molar-refractivity contribution in [1.82, 2.24) is 14.8 Å². The number of halogens is 1. The van der Waals surface area contributed by atoms with Gasteiger partial charge in [-0.25, -0.2) is 4.39 Å². The lowest BCUT2D eigenvalue weighted by Gasteiger charge is -2.34. The molecule has 1 fully saturated rings. The van der Waals surface area contributed by atoms with Gasteiger partial charge in [0.1, 0.15) is 5.82 Å². The van der Waals surface area contributed by atoms with Crippen LogP contribution >= 0.6 is 0 Å². The molecule has 0 N–H and O–H groups in total. The van der Waals surface area contributed by atoms with Gasteiger partial charge in [-0.3, -0.25) is 14.6 Å². The summed E-state index contributed by atoms with van der Waals surface area (Å²) < 4.78 is 13.2. The number of hydrogen-bond donors (Lipinski definition) is 0. The second-order valence-electron chi connectivity index (χ2n) is 5.68. The number of carbonyl (C=O) groups excluding carboxylic acids is 2. The van der Waals surface area contributed by atoms with E-state index in [4.69, 9.17) is 0 Å². The summed E-state index contributed by atoms with van der Waals surface area (Å²) in [5.41, 5.74) is 1.07. The fraction of sp³-hybridized carbons (Fsp3) is 0.278. The molecule has 0 atom stereocenters. The number of benzene rings is 1. The van der Waals surface area contributed by atoms with Gasteiger partial charge < -0.3 is 9.80 Å². The van der Waals surface area contributed by atoms with Gasteiger partial charge in [-0.1, -0.05) is 12.1 Å². The number of rotatable bonds is 3. The molecule has 124 valence electrons. The second-order valence-corrected chi connectivity index (χ2v) is 5.68. The maximum absolute atomic E-state index is 13.2. The molecule has 2 amide bonds. The van der Waals surface area contributed by atoms with Crippen molar-refractivity contribution in [2.24, 2.45) is 0 Å². The van der Waals surface area contributed by atoms with Crippen LogP contribution in [0.3, 0.4) is 0 Å². The van der Waals surface area contributed by atoms with Gasteiger partial charge >= 0.3 is 0 Å². The molecular formula is C18H18FN3O2. The van der Waals surface area contributed by atoms with Crippen molar-refractivity contribution >= 4 is 11.8 Å². The van der Waals surface area contributed by atoms with E-state index < -0.39 is 5.82 Å². The van der Waals surface area contributed by atoms with Gasteiger partial charge in [0, 0.05) is 43.6 Å². The van der Waals surface area contributed by atoms with Gasteiger partial charge in [-0.2, -0.15) is 0 Å². The standard InChI is InChI=1S/C18H18FN3O2/c19-15-5-3-4-14(12-15)18(24)22-10-8-21(9-11-22)17(23)13-16-6-1-2-7-20-16/h1-7,12H,8-11,13H2. The minimum atomic E-state index is -0.426. The minimum Gasteiger partial charge on any atom is -0.339 e. The Hall–Kier alpha value is -2.76. The third-order valence-electron chi connectivity index (χ3n) is 4.05. The zero-order valence-corrected chi connectivity index (χ0v) is 13.2. The predicted octanol–water partition coefficient (Wildman–Crippen LogP) is 1.75. The quantitative estimate of drug-likeness (QED) is 0.863. The molecule has 0 spiro atoms. The zero-order valence-electron chi connectivity index (χ0n) is 13.2. The van der Waals surface area contributed by atoms with Gasteiger partial charge in [0.2, 0.25) is 5.91 Å². The summed E-state index contributed by atoms with van der Waals surface area (Å²) in [6.45, 7) is 1.85. The van der Waals surface area contributed by atoms with E-state index in [0.29, 0.717) is 31.7 Å². The fourth-order valence-corrected chi connectivity index (χ4v) is 2.73. The molecule has 0 bridgehead atoms. The third kappa shape index (κ3) is 3.76. The molecule has 1 aliphatic heterocycles. The molecule has 0 saturated carbocycles. The number of piperazine rings is 1. The highest BCUT2D eigenvalue weighted by molar-refractivity contribution is 5.94. The summed E-state index contributed by atoms with van der Waals surface area (Å²) in [6.07, 6.45) is 1.93. The van der Waals surface area contributed by atoms with E-state index >= 15 is 0 Å². The first-order valence-corrected chi connectivity index (χ1v) is 7.86. The average Bonchev–Trinajstić information content (AvgIpc) is 2.62. The molecule has 1 saturated heterocycles. The Morgan fingerprint density at radius 2 is 1.75 bits per heavy atom. The van der Waals surface area contributed by atoms with Crippen molar-refractivity contribution in [2.45, 2.75) is 6.42 Å². The van der Waals surface area contributed by atoms with Crippen LogP contribution in [0.25, 0.3) is 0 Å². The molecular weight excluding hydrogens is 309 g/mol. The lowest BCUT2D eigenvalue weighted by molar-refractivity contribution is -0.132. The first kappa shape index (κ1) is 16.1. The first-order valence-electron chi connectivity index (χ1n) is 7.86. The van der Waals surface area contributed by atoms with Crippen LogP contribution < -0.4 is 0 Å². The molecule has 0 radical (unpaired) electrons. The van der Waals surface area contributed by atoms with E-state index in [1.165, 1.54) is 18.2 Å². The molecule has 1 aromatic heterocycles. The minimum absolute atomic E-state index is 0.00607. The van der Waals surface area contributed by atoms with E-state index in [1.54, 1.807) is 22.1 Å². The maximum Gasteiger partial charge on any atom is 0.254 e. The Morgan fingerprint density at radius 3 is 2.42 bits per heavy atom. The molecule has 24 heavy (non-hydrogen) atoms. The molecule has 2 aromatic rings. The highest BCUT2D eigenvalue weighted by Gasteiger charge is 2.25. The SMILES string of the molecule is O=C(Cc1ccccn1)N1CCN(C(=O)c2cccc(F)c2)CC1. The first-order chi connectivity index (χ1) is 11.6. The Labute approximate surface area is 139 Å². The summed E-state index contributed by atoms with van der Waals surface area (Å²) in [5.74, 6) is -0.622. The Kier molecular flexibility index (Phi) is 4.84. The van der Waals surface area contributed by atoms with Crippen LogP contribution in [-0.4, -0.2) is 52.8 Å². The van der Waals surface area contributed by atoms with Crippen molar-refractivity contribution in [3.05, 3.63) is 65.7 Å². The van der Waals surface area contributed by atoms with Gasteiger partial charge in [0.25, 0.3) is 5.91 Å². The zero-order chi connectivity index (χ0) is 16.9. The largest absolute Gasteiger partial charge is 0.339 e. The topological polar surface area (TPSA) is 53.5 Å². The average molecular weight is 327 g/mol. The van der Waals surface area contributed by atoms with E-state index in [9.17, 15) is 14.0 Å². The second kappa shape index (κ2) is 7.21. The smallest absolute Gasteiger partial charge is 0.254 e. The van der Waals surface area contributed by atoms with Crippen LogP contribution in [0.5, 0.6) is 0 Å². The molecule has 5 nitrogen and oxygen atoms in total. The normalized spacial score (nSPS) is 14.5. The van der Waals surface area contributed by atoms with Crippen LogP contribution in [-0.2, 0) is 11.2 Å². The van der Waals surface area contributed by atoms with Crippen molar-refractivity contribution in [1.29, 1.82) is 0 Å². The summed E-state index contributed by atoms with van der Waals surface area (Å²) in [6, 6.07) is 11.2. The van der Waals surface area contributed by atoms with Crippen molar-refractivity contribution in [2.75, 3.05) is 26.2 Å². The Morgan fingerprint density at radius 1 is 1.00 bits per heavy atom. The maximum atomic E-state index is 13.2. The van der Waals surface area contributed by atoms with E-state index in [1.807, 2.05) is 18.2 Å². The molecule has 2 heterocycles. The number of carbonyl (C=O) groups is 2. The van der Waals surface area contributed by atoms with Crippen LogP contribution in [0.2, 0.25) is 0 Å². The molecule has 6 heteroatoms. The van der Waals surface area contributed by atoms with Gasteiger partial charge in [0.05, 0.1) is 6.42 Å². The van der Waals surface area contributed by atoms with Crippen LogP contribution in [0.4, 0.5) is 4.39 Å². The van der Waals surface area contributed by atoms with Crippen molar-refractivity contribution < 1.29 is 14.0 Å². The molecule has 1 aliphatic rings. The Balaban J connectivity index is 1.55. The summed E-state index contributed by atoms with van der Waals surface area (Å²) in [4.78, 5) is 32.2. The number of nitrogens with zero attached hydrogens (tertiary/aromatic N) is 3. The lowest BCUT2D eigenvalue weighted by Crippen LogP contribution is -2.51. The fourth-order valence-electron chi connectivity index (χ4n) is 2.73. The third-order valence-corrected chi connectivity index (χ3v) is 4.05. The summed E-state index contributed by atoms with van der Waals surface area (Å²) in [7, 11) is 0. The highest BCUT2D eigenvalue weighted by Crippen LogP contribution is 2.11. The van der Waals surface area contributed by atoms with Crippen molar-refractivity contribution in [3.8, 4) is 0 Å². The van der Waals surface area contributed by atoms with Gasteiger partial charge in [0.15, 0.2) is 0 Å². The van der Waals surface area contributed by atoms with E-state index in [0.717, 1.165) is 5.69 Å². The number of amides is 2. The highest BCUT2D eigenvalue weighted by atomic mass is 19.1. The summed E-state index contributed by atoms with van der Waals surface area (Å²) in [5, 5.41) is 0. The van der Waals surface area contributed by atoms with Crippen molar-refractivity contribution in [3.63, 3.8) is 0 Å². The number of hydrogen-bond acceptors (Lipinski definition) is 3. The predicted molar refractivity (Wildman–Crippen MR) is 86.8 cm³/mol. The van der Waals surface area contributed by atoms with Gasteiger partial charge in [-0.05, 0) is 30.3 Å². The molecule has 3 rings (SSSR count). The number of pyridine rings is 1. The van der Waals surface area contributed by atoms with Crippen LogP contribution in [0, 0.1) is 5.82 Å². The molecule has 0 aliphatic carbocycles. The van der Waals surface area contributed by atoms with E-state index in [-0.39, 0.29) is 18.2 Å². The number of aromatic nitrogens is 1. The van der Waals surface area contributed by atoms with Crippen LogP contribution in [0.15, 0.2) is 48.7 Å². The van der Waals surface area contributed by atoms with E-state index in [2.05, 4.69) is 4.98 Å². The Bertz CT molecular complexity index is 728. The molecule has 1 aromatic carbocycles. The van der Waals surface area contributed by atoms with Gasteiger partial charge in [-0.15, -0.1) is 0 Å². The summed E-state index contributed by atoms with van der Waals surface area (Å²) >= 11 is 0. The monoisotopic (exact) mass is 327 g/mol.